The topological polar surface area (TPSA) is 6.48 Å². The quantitative estimate of drug-likeness (QED) is 0.767. The van der Waals surface area contributed by atoms with Gasteiger partial charge < -0.3 is 9.80 Å². The average molecular weight is 262 g/mol. The van der Waals surface area contributed by atoms with Gasteiger partial charge in [0.15, 0.2) is 0 Å². The second-order valence-corrected chi connectivity index (χ2v) is 4.93. The average Bonchev–Trinajstić information content (AvgIpc) is 2.47. The smallest absolute Gasteiger partial charge is 0.0398 e. The van der Waals surface area contributed by atoms with E-state index in [1.165, 1.54) is 21.6 Å². The summed E-state index contributed by atoms with van der Waals surface area (Å²) >= 11 is 0. The lowest BCUT2D eigenvalue weighted by Crippen LogP contribution is -2.27. The fraction of sp³-hybridized carbons (Fsp3) is 0.111. The molecule has 0 atom stereocenters. The molecule has 1 aromatic carbocycles. The summed E-state index contributed by atoms with van der Waals surface area (Å²) in [4.78, 5) is 4.28. The molecule has 20 heavy (non-hydrogen) atoms. The van der Waals surface area contributed by atoms with Crippen LogP contribution in [0.25, 0.3) is 24.6 Å². The van der Waals surface area contributed by atoms with Crippen LogP contribution in [0.2, 0.25) is 0 Å². The van der Waals surface area contributed by atoms with Crippen molar-refractivity contribution in [2.75, 3.05) is 13.1 Å². The summed E-state index contributed by atoms with van der Waals surface area (Å²) in [6.45, 7) is 9.23. The molecule has 0 fully saturated rings. The summed E-state index contributed by atoms with van der Waals surface area (Å²) in [5.41, 5.74) is 2.57. The van der Waals surface area contributed by atoms with Crippen LogP contribution in [-0.2, 0) is 0 Å². The molecule has 1 aromatic rings. The standard InChI is InChI=1S/C18H18N2/c1-3-9-19-11-7-17-15(13-19)5-6-16-14-20(10-4-2)12-8-18(16)17/h3-8,11-14H,1-2,9-10H2. The first-order chi connectivity index (χ1) is 9.81. The van der Waals surface area contributed by atoms with Gasteiger partial charge in [0.25, 0.3) is 0 Å². The highest BCUT2D eigenvalue weighted by Crippen LogP contribution is 2.13. The van der Waals surface area contributed by atoms with Gasteiger partial charge in [-0.15, -0.1) is 13.2 Å². The van der Waals surface area contributed by atoms with Gasteiger partial charge in [0, 0.05) is 37.9 Å². The summed E-state index contributed by atoms with van der Waals surface area (Å²) in [6.07, 6.45) is 16.7. The van der Waals surface area contributed by atoms with E-state index in [1.807, 2.05) is 12.2 Å². The molecule has 2 aliphatic rings. The van der Waals surface area contributed by atoms with Crippen molar-refractivity contribution < 1.29 is 0 Å². The highest BCUT2D eigenvalue weighted by Gasteiger charge is 2.09. The first-order valence-electron chi connectivity index (χ1n) is 6.78. The predicted molar refractivity (Wildman–Crippen MR) is 86.5 cm³/mol. The van der Waals surface area contributed by atoms with E-state index in [1.54, 1.807) is 0 Å². The van der Waals surface area contributed by atoms with Gasteiger partial charge in [0.2, 0.25) is 0 Å². The van der Waals surface area contributed by atoms with Gasteiger partial charge in [-0.2, -0.15) is 0 Å². The van der Waals surface area contributed by atoms with Crippen molar-refractivity contribution in [2.45, 2.75) is 0 Å². The van der Waals surface area contributed by atoms with E-state index in [9.17, 15) is 0 Å². The van der Waals surface area contributed by atoms with E-state index in [0.717, 1.165) is 13.1 Å². The summed E-state index contributed by atoms with van der Waals surface area (Å²) in [6, 6.07) is 4.35. The third-order valence-electron chi connectivity index (χ3n) is 3.51. The Kier molecular flexibility index (Phi) is 3.30. The van der Waals surface area contributed by atoms with Crippen LogP contribution in [0.5, 0.6) is 0 Å². The third kappa shape index (κ3) is 2.21. The maximum absolute atomic E-state index is 3.78. The maximum Gasteiger partial charge on any atom is 0.0398 e. The highest BCUT2D eigenvalue weighted by molar-refractivity contribution is 5.70. The van der Waals surface area contributed by atoms with Gasteiger partial charge in [-0.3, -0.25) is 0 Å². The zero-order chi connectivity index (χ0) is 13.9. The van der Waals surface area contributed by atoms with Crippen molar-refractivity contribution in [2.24, 2.45) is 0 Å². The monoisotopic (exact) mass is 262 g/mol. The molecule has 0 aliphatic carbocycles. The first kappa shape index (κ1) is 12.5. The van der Waals surface area contributed by atoms with Crippen molar-refractivity contribution in [1.29, 1.82) is 0 Å². The van der Waals surface area contributed by atoms with Crippen LogP contribution >= 0.6 is 0 Å². The third-order valence-corrected chi connectivity index (χ3v) is 3.51. The second-order valence-electron chi connectivity index (χ2n) is 4.93. The largest absolute Gasteiger partial charge is 0.350 e. The number of benzene rings is 1. The van der Waals surface area contributed by atoms with Crippen LogP contribution in [0.1, 0.15) is 11.1 Å². The number of fused-ring (bicyclic) bond motifs is 3. The SMILES string of the molecule is C=CCN1C=Cc2c3c(ccc2=C1)=CN(CC=C)C=C3. The molecule has 0 bridgehead atoms. The zero-order valence-corrected chi connectivity index (χ0v) is 11.5. The van der Waals surface area contributed by atoms with Crippen molar-refractivity contribution >= 4 is 24.6 Å². The zero-order valence-electron chi connectivity index (χ0n) is 11.5. The van der Waals surface area contributed by atoms with E-state index in [-0.39, 0.29) is 0 Å². The second kappa shape index (κ2) is 5.25. The first-order valence-corrected chi connectivity index (χ1v) is 6.78. The van der Waals surface area contributed by atoms with Crippen LogP contribution in [0.15, 0.2) is 49.8 Å². The lowest BCUT2D eigenvalue weighted by atomic mass is 9.99. The molecule has 0 amide bonds. The Hall–Kier alpha value is -2.48. The van der Waals surface area contributed by atoms with E-state index in [4.69, 9.17) is 0 Å². The van der Waals surface area contributed by atoms with Crippen LogP contribution < -0.4 is 10.4 Å². The molecule has 0 saturated carbocycles. The van der Waals surface area contributed by atoms with Gasteiger partial charge >= 0.3 is 0 Å². The van der Waals surface area contributed by atoms with Crippen LogP contribution in [0, 0.1) is 0 Å². The minimum Gasteiger partial charge on any atom is -0.350 e. The van der Waals surface area contributed by atoms with Crippen molar-refractivity contribution in [3.63, 3.8) is 0 Å². The molecule has 2 nitrogen and oxygen atoms in total. The van der Waals surface area contributed by atoms with Crippen LogP contribution in [0.3, 0.4) is 0 Å². The fourth-order valence-electron chi connectivity index (χ4n) is 2.58. The number of rotatable bonds is 4. The van der Waals surface area contributed by atoms with E-state index in [0.29, 0.717) is 0 Å². The van der Waals surface area contributed by atoms with E-state index >= 15 is 0 Å². The molecule has 0 spiro atoms. The molecule has 100 valence electrons. The molecule has 3 rings (SSSR count). The van der Waals surface area contributed by atoms with Gasteiger partial charge in [0.05, 0.1) is 0 Å². The molecule has 2 aliphatic heterocycles. The number of hydrogen-bond donors (Lipinski definition) is 0. The maximum atomic E-state index is 3.78. The molecular weight excluding hydrogens is 244 g/mol. The Morgan fingerprint density at radius 2 is 1.25 bits per heavy atom. The summed E-state index contributed by atoms with van der Waals surface area (Å²) in [5.74, 6) is 0. The van der Waals surface area contributed by atoms with Gasteiger partial charge in [-0.05, 0) is 33.7 Å². The van der Waals surface area contributed by atoms with Gasteiger partial charge in [-0.25, -0.2) is 0 Å². The fourth-order valence-corrected chi connectivity index (χ4v) is 2.58. The Morgan fingerprint density at radius 3 is 1.65 bits per heavy atom. The minimum absolute atomic E-state index is 0.835. The summed E-state index contributed by atoms with van der Waals surface area (Å²) in [7, 11) is 0. The van der Waals surface area contributed by atoms with E-state index < -0.39 is 0 Å². The number of nitrogens with zero attached hydrogens (tertiary/aromatic N) is 2. The molecule has 0 radical (unpaired) electrons. The molecular formula is C18H18N2. The normalized spacial score (nSPS) is 15.0. The number of hydrogen-bond acceptors (Lipinski definition) is 2. The molecule has 0 aromatic heterocycles. The Labute approximate surface area is 119 Å². The molecule has 0 saturated heterocycles. The van der Waals surface area contributed by atoms with Crippen molar-refractivity contribution in [1.82, 2.24) is 9.80 Å². The van der Waals surface area contributed by atoms with Crippen LogP contribution in [0.4, 0.5) is 0 Å². The lowest BCUT2D eigenvalue weighted by Gasteiger charge is -2.21. The molecule has 0 unspecified atom stereocenters. The lowest BCUT2D eigenvalue weighted by molar-refractivity contribution is 0.612. The van der Waals surface area contributed by atoms with Crippen molar-refractivity contribution in [3.8, 4) is 0 Å². The Balaban J connectivity index is 2.08. The summed E-state index contributed by atoms with van der Waals surface area (Å²) in [5, 5.41) is 2.51. The van der Waals surface area contributed by atoms with Gasteiger partial charge in [0.1, 0.15) is 0 Å². The Morgan fingerprint density at radius 1 is 0.800 bits per heavy atom. The summed E-state index contributed by atoms with van der Waals surface area (Å²) < 4.78 is 0. The van der Waals surface area contributed by atoms with Gasteiger partial charge in [-0.1, -0.05) is 24.3 Å². The Bertz CT molecular complexity index is 660. The molecule has 2 heteroatoms. The minimum atomic E-state index is 0.835. The van der Waals surface area contributed by atoms with E-state index in [2.05, 4.69) is 72.0 Å². The van der Waals surface area contributed by atoms with Crippen molar-refractivity contribution in [3.05, 3.63) is 71.4 Å². The highest BCUT2D eigenvalue weighted by atomic mass is 15.1. The molecule has 2 heterocycles. The van der Waals surface area contributed by atoms with Crippen LogP contribution in [-0.4, -0.2) is 22.9 Å². The molecule has 0 N–H and O–H groups in total. The predicted octanol–water partition coefficient (Wildman–Crippen LogP) is 2.11.